The van der Waals surface area contributed by atoms with Crippen molar-refractivity contribution in [2.75, 3.05) is 6.54 Å². The summed E-state index contributed by atoms with van der Waals surface area (Å²) in [6, 6.07) is 14.4. The van der Waals surface area contributed by atoms with Crippen molar-refractivity contribution in [3.8, 4) is 0 Å². The summed E-state index contributed by atoms with van der Waals surface area (Å²) in [4.78, 5) is 32.7. The fourth-order valence-electron chi connectivity index (χ4n) is 3.89. The third kappa shape index (κ3) is 10.7. The van der Waals surface area contributed by atoms with Gasteiger partial charge in [-0.15, -0.1) is 0 Å². The summed E-state index contributed by atoms with van der Waals surface area (Å²) in [7, 11) is 0. The van der Waals surface area contributed by atoms with Gasteiger partial charge in [0.15, 0.2) is 5.60 Å². The minimum absolute atomic E-state index is 0.488. The predicted molar refractivity (Wildman–Crippen MR) is 139 cm³/mol. The Morgan fingerprint density at radius 1 is 1.00 bits per heavy atom. The number of nitrogens with zero attached hydrogens (tertiary/aromatic N) is 3. The second kappa shape index (κ2) is 14.2. The molecule has 0 amide bonds. The minimum atomic E-state index is -2.74. The standard InChI is InChI=1S/C21H27N3O2.C6H8O7/c1-16-6-8-19(9-7-16)12-23(15-21-5-4-10-26-21)13-20(25)14-24-18(3)11-17(2)22-24;7-3(8)1-6(13,5(11)12)2-4(9)10/h4-11,20,25H,12-15H2,1-3H3;13H,1-2H2,(H,7,8)(H,9,10)(H,11,12). The number of aliphatic carboxylic acids is 3. The van der Waals surface area contributed by atoms with E-state index in [9.17, 15) is 19.5 Å². The molecule has 1 atom stereocenters. The predicted octanol–water partition coefficient (Wildman–Crippen LogP) is 2.22. The number of rotatable bonds is 13. The lowest BCUT2D eigenvalue weighted by atomic mass is 9.96. The van der Waals surface area contributed by atoms with E-state index >= 15 is 0 Å². The number of carboxylic acids is 3. The van der Waals surface area contributed by atoms with E-state index in [0.29, 0.717) is 19.6 Å². The first-order chi connectivity index (χ1) is 18.3. The van der Waals surface area contributed by atoms with Crippen LogP contribution in [0.15, 0.2) is 53.1 Å². The molecular weight excluding hydrogens is 510 g/mol. The second-order valence-electron chi connectivity index (χ2n) is 9.48. The van der Waals surface area contributed by atoms with Gasteiger partial charge in [-0.1, -0.05) is 29.8 Å². The van der Waals surface area contributed by atoms with E-state index in [-0.39, 0.29) is 0 Å². The number of aromatic nitrogens is 2. The van der Waals surface area contributed by atoms with Crippen molar-refractivity contribution < 1.29 is 44.3 Å². The normalized spacial score (nSPS) is 12.1. The first-order valence-electron chi connectivity index (χ1n) is 12.2. The van der Waals surface area contributed by atoms with Crippen molar-refractivity contribution in [3.05, 3.63) is 77.0 Å². The summed E-state index contributed by atoms with van der Waals surface area (Å²) in [5, 5.41) is 48.9. The van der Waals surface area contributed by atoms with E-state index in [1.807, 2.05) is 36.7 Å². The van der Waals surface area contributed by atoms with E-state index in [1.165, 1.54) is 11.1 Å². The molecule has 1 unspecified atom stereocenters. The molecule has 0 fully saturated rings. The van der Waals surface area contributed by atoms with Crippen molar-refractivity contribution in [2.24, 2.45) is 0 Å². The van der Waals surface area contributed by atoms with Crippen LogP contribution in [0, 0.1) is 20.8 Å². The molecule has 3 rings (SSSR count). The Hall–Kier alpha value is -4.00. The molecule has 12 heteroatoms. The molecule has 1 aromatic carbocycles. The lowest BCUT2D eigenvalue weighted by Gasteiger charge is -2.24. The molecule has 0 bridgehead atoms. The summed E-state index contributed by atoms with van der Waals surface area (Å²) in [6.07, 6.45) is -1.11. The van der Waals surface area contributed by atoms with E-state index in [1.54, 1.807) is 6.26 Å². The van der Waals surface area contributed by atoms with Crippen molar-refractivity contribution >= 4 is 17.9 Å². The lowest BCUT2D eigenvalue weighted by Crippen LogP contribution is -2.42. The number of carboxylic acid groups (broad SMARTS) is 3. The van der Waals surface area contributed by atoms with Gasteiger partial charge in [-0.3, -0.25) is 19.2 Å². The first-order valence-corrected chi connectivity index (χ1v) is 12.2. The van der Waals surface area contributed by atoms with Crippen molar-refractivity contribution in [1.29, 1.82) is 0 Å². The molecule has 0 saturated carbocycles. The molecule has 0 aliphatic rings. The number of benzene rings is 1. The summed E-state index contributed by atoms with van der Waals surface area (Å²) in [5.74, 6) is -4.12. The molecule has 0 aliphatic heterocycles. The number of aliphatic hydroxyl groups excluding tert-OH is 1. The van der Waals surface area contributed by atoms with Crippen LogP contribution in [-0.4, -0.2) is 76.4 Å². The average Bonchev–Trinajstić information content (AvgIpc) is 3.43. The van der Waals surface area contributed by atoms with Crippen LogP contribution in [0.1, 0.15) is 41.1 Å². The third-order valence-corrected chi connectivity index (χ3v) is 5.73. The van der Waals surface area contributed by atoms with Gasteiger partial charge in [-0.25, -0.2) is 4.79 Å². The Morgan fingerprint density at radius 2 is 1.62 bits per heavy atom. The summed E-state index contributed by atoms with van der Waals surface area (Å²) >= 11 is 0. The first kappa shape index (κ1) is 31.2. The van der Waals surface area contributed by atoms with Crippen molar-refractivity contribution in [2.45, 2.75) is 65.0 Å². The van der Waals surface area contributed by atoms with Gasteiger partial charge in [0.1, 0.15) is 5.76 Å². The van der Waals surface area contributed by atoms with Gasteiger partial charge in [0, 0.05) is 18.8 Å². The molecule has 3 aromatic rings. The van der Waals surface area contributed by atoms with Gasteiger partial charge >= 0.3 is 17.9 Å². The fraction of sp³-hybridized carbons (Fsp3) is 0.407. The van der Waals surface area contributed by atoms with Crippen LogP contribution < -0.4 is 0 Å². The number of hydrogen-bond donors (Lipinski definition) is 5. The third-order valence-electron chi connectivity index (χ3n) is 5.73. The van der Waals surface area contributed by atoms with Crippen LogP contribution in [0.4, 0.5) is 0 Å². The molecule has 0 aliphatic carbocycles. The smallest absolute Gasteiger partial charge is 0.336 e. The number of furan rings is 1. The highest BCUT2D eigenvalue weighted by molar-refractivity contribution is 5.88. The maximum absolute atomic E-state index is 10.6. The largest absolute Gasteiger partial charge is 0.481 e. The van der Waals surface area contributed by atoms with Crippen LogP contribution >= 0.6 is 0 Å². The quantitative estimate of drug-likeness (QED) is 0.212. The Balaban J connectivity index is 0.000000349. The highest BCUT2D eigenvalue weighted by Gasteiger charge is 2.40. The van der Waals surface area contributed by atoms with Crippen molar-refractivity contribution in [1.82, 2.24) is 14.7 Å². The Labute approximate surface area is 225 Å². The number of hydrogen-bond acceptors (Lipinski definition) is 8. The van der Waals surface area contributed by atoms with Crippen LogP contribution in [0.2, 0.25) is 0 Å². The van der Waals surface area contributed by atoms with Gasteiger partial charge in [0.25, 0.3) is 0 Å². The lowest BCUT2D eigenvalue weighted by molar-refractivity contribution is -0.170. The molecule has 0 saturated heterocycles. The van der Waals surface area contributed by atoms with Gasteiger partial charge in [0.2, 0.25) is 0 Å². The van der Waals surface area contributed by atoms with Crippen molar-refractivity contribution in [3.63, 3.8) is 0 Å². The minimum Gasteiger partial charge on any atom is -0.481 e. The van der Waals surface area contributed by atoms with Crippen LogP contribution in [0.5, 0.6) is 0 Å². The topological polar surface area (TPSA) is 187 Å². The molecule has 5 N–H and O–H groups in total. The summed E-state index contributed by atoms with van der Waals surface area (Å²) < 4.78 is 7.37. The fourth-order valence-corrected chi connectivity index (χ4v) is 3.89. The highest BCUT2D eigenvalue weighted by Crippen LogP contribution is 2.16. The van der Waals surface area contributed by atoms with E-state index in [4.69, 9.17) is 24.8 Å². The number of carbonyl (C=O) groups is 3. The molecule has 2 heterocycles. The molecular formula is C27H35N3O9. The van der Waals surface area contributed by atoms with Gasteiger partial charge in [-0.05, 0) is 44.5 Å². The zero-order chi connectivity index (χ0) is 29.2. The SMILES string of the molecule is Cc1ccc(CN(Cc2ccco2)CC(O)Cn2nc(C)cc2C)cc1.O=C(O)CC(O)(CC(=O)O)C(=O)O. The molecule has 39 heavy (non-hydrogen) atoms. The maximum Gasteiger partial charge on any atom is 0.336 e. The molecule has 0 spiro atoms. The number of aliphatic hydroxyl groups is 2. The maximum atomic E-state index is 10.6. The van der Waals surface area contributed by atoms with Gasteiger partial charge in [0.05, 0.1) is 44.0 Å². The molecule has 0 radical (unpaired) electrons. The van der Waals surface area contributed by atoms with E-state index < -0.39 is 42.5 Å². The summed E-state index contributed by atoms with van der Waals surface area (Å²) in [5.41, 5.74) is 1.77. The monoisotopic (exact) mass is 545 g/mol. The van der Waals surface area contributed by atoms with Gasteiger partial charge in [-0.2, -0.15) is 5.10 Å². The molecule has 12 nitrogen and oxygen atoms in total. The van der Waals surface area contributed by atoms with Crippen LogP contribution in [-0.2, 0) is 34.0 Å². The van der Waals surface area contributed by atoms with E-state index in [2.05, 4.69) is 41.2 Å². The molecule has 212 valence electrons. The zero-order valence-corrected chi connectivity index (χ0v) is 22.1. The molecule has 2 aromatic heterocycles. The number of aryl methyl sites for hydroxylation is 3. The van der Waals surface area contributed by atoms with Crippen LogP contribution in [0.3, 0.4) is 0 Å². The van der Waals surface area contributed by atoms with Crippen LogP contribution in [0.25, 0.3) is 0 Å². The Kier molecular flexibility index (Phi) is 11.4. The average molecular weight is 546 g/mol. The van der Waals surface area contributed by atoms with E-state index in [0.717, 1.165) is 23.7 Å². The zero-order valence-electron chi connectivity index (χ0n) is 22.1. The van der Waals surface area contributed by atoms with Gasteiger partial charge < -0.3 is 29.9 Å². The Morgan fingerprint density at radius 3 is 2.08 bits per heavy atom. The highest BCUT2D eigenvalue weighted by atomic mass is 16.4. The second-order valence-corrected chi connectivity index (χ2v) is 9.48. The Bertz CT molecular complexity index is 1200. The summed E-state index contributed by atoms with van der Waals surface area (Å²) in [6.45, 7) is 8.53.